The lowest BCUT2D eigenvalue weighted by atomic mass is 10.0. The molecule has 0 bridgehead atoms. The van der Waals surface area contributed by atoms with Gasteiger partial charge >= 0.3 is 0 Å². The summed E-state index contributed by atoms with van der Waals surface area (Å²) in [6.07, 6.45) is 1.93. The lowest BCUT2D eigenvalue weighted by Gasteiger charge is -2.29. The van der Waals surface area contributed by atoms with Crippen LogP contribution in [-0.4, -0.2) is 49.2 Å². The highest BCUT2D eigenvalue weighted by Crippen LogP contribution is 2.26. The van der Waals surface area contributed by atoms with Crippen LogP contribution in [0.25, 0.3) is 0 Å². The van der Waals surface area contributed by atoms with Crippen molar-refractivity contribution < 1.29 is 14.6 Å². The van der Waals surface area contributed by atoms with Gasteiger partial charge in [-0.1, -0.05) is 0 Å². The molecule has 5 nitrogen and oxygen atoms in total. The number of amides is 1. The van der Waals surface area contributed by atoms with Gasteiger partial charge in [-0.15, -0.1) is 0 Å². The Hall–Kier alpha value is -1.75. The third kappa shape index (κ3) is 3.38. The fourth-order valence-corrected chi connectivity index (χ4v) is 2.25. The Bertz CT molecular complexity index is 454. The van der Waals surface area contributed by atoms with Crippen LogP contribution in [0.15, 0.2) is 18.2 Å². The first-order valence-electron chi connectivity index (χ1n) is 6.46. The number of hydrogen-bond donors (Lipinski definition) is 2. The van der Waals surface area contributed by atoms with Gasteiger partial charge in [0.1, 0.15) is 0 Å². The predicted molar refractivity (Wildman–Crippen MR) is 72.6 cm³/mol. The predicted octanol–water partition coefficient (Wildman–Crippen LogP) is 1.22. The van der Waals surface area contributed by atoms with Crippen LogP contribution >= 0.6 is 0 Å². The van der Waals surface area contributed by atoms with Gasteiger partial charge < -0.3 is 20.1 Å². The maximum Gasteiger partial charge on any atom is 0.251 e. The number of aromatic hydroxyl groups is 1. The number of phenols is 1. The number of nitrogens with one attached hydrogen (secondary N) is 1. The van der Waals surface area contributed by atoms with Crippen molar-refractivity contribution in [3.05, 3.63) is 23.8 Å². The van der Waals surface area contributed by atoms with E-state index in [0.717, 1.165) is 25.9 Å². The van der Waals surface area contributed by atoms with Crippen molar-refractivity contribution in [3.63, 3.8) is 0 Å². The fourth-order valence-electron chi connectivity index (χ4n) is 2.25. The molecule has 0 saturated carbocycles. The first-order chi connectivity index (χ1) is 9.10. The third-order valence-electron chi connectivity index (χ3n) is 3.49. The molecule has 0 aliphatic carbocycles. The molecule has 1 heterocycles. The molecule has 0 unspecified atom stereocenters. The zero-order valence-electron chi connectivity index (χ0n) is 11.3. The fraction of sp³-hybridized carbons (Fsp3) is 0.500. The van der Waals surface area contributed by atoms with Gasteiger partial charge in [-0.3, -0.25) is 4.79 Å². The van der Waals surface area contributed by atoms with Crippen LogP contribution < -0.4 is 10.1 Å². The van der Waals surface area contributed by atoms with E-state index in [2.05, 4.69) is 17.3 Å². The van der Waals surface area contributed by atoms with Crippen LogP contribution in [0.2, 0.25) is 0 Å². The lowest BCUT2D eigenvalue weighted by molar-refractivity contribution is 0.0916. The van der Waals surface area contributed by atoms with Gasteiger partial charge in [0.05, 0.1) is 7.11 Å². The summed E-state index contributed by atoms with van der Waals surface area (Å²) in [7, 11) is 3.56. The number of phenolic OH excluding ortho intramolecular Hbond substituents is 1. The second-order valence-electron chi connectivity index (χ2n) is 4.94. The summed E-state index contributed by atoms with van der Waals surface area (Å²) in [6.45, 7) is 2.00. The smallest absolute Gasteiger partial charge is 0.251 e. The molecule has 1 amide bonds. The number of benzene rings is 1. The average molecular weight is 264 g/mol. The van der Waals surface area contributed by atoms with Crippen molar-refractivity contribution >= 4 is 5.91 Å². The largest absolute Gasteiger partial charge is 0.504 e. The van der Waals surface area contributed by atoms with Gasteiger partial charge in [0.2, 0.25) is 0 Å². The maximum atomic E-state index is 12.1. The van der Waals surface area contributed by atoms with E-state index in [-0.39, 0.29) is 17.7 Å². The number of likely N-dealkylation sites (tertiary alicyclic amines) is 1. The van der Waals surface area contributed by atoms with Crippen molar-refractivity contribution in [2.45, 2.75) is 18.9 Å². The monoisotopic (exact) mass is 264 g/mol. The van der Waals surface area contributed by atoms with Gasteiger partial charge in [-0.05, 0) is 51.2 Å². The van der Waals surface area contributed by atoms with E-state index >= 15 is 0 Å². The summed E-state index contributed by atoms with van der Waals surface area (Å²) in [5, 5.41) is 12.7. The van der Waals surface area contributed by atoms with Gasteiger partial charge in [0.25, 0.3) is 5.91 Å². The minimum atomic E-state index is -0.146. The van der Waals surface area contributed by atoms with E-state index in [1.54, 1.807) is 12.1 Å². The average Bonchev–Trinajstić information content (AvgIpc) is 2.41. The second-order valence-corrected chi connectivity index (χ2v) is 4.94. The molecule has 2 N–H and O–H groups in total. The number of ether oxygens (including phenoxy) is 1. The Morgan fingerprint density at radius 1 is 1.42 bits per heavy atom. The maximum absolute atomic E-state index is 12.1. The standard InChI is InChI=1S/C14H20N2O3/c1-16-7-5-11(6-8-16)15-14(18)10-3-4-13(19-2)12(17)9-10/h3-4,9,11,17H,5-8H2,1-2H3,(H,15,18). The number of methoxy groups -OCH3 is 1. The molecular formula is C14H20N2O3. The zero-order chi connectivity index (χ0) is 13.8. The molecule has 0 aromatic heterocycles. The summed E-state index contributed by atoms with van der Waals surface area (Å²) in [5.74, 6) is 0.210. The summed E-state index contributed by atoms with van der Waals surface area (Å²) >= 11 is 0. The Labute approximate surface area is 113 Å². The SMILES string of the molecule is COc1ccc(C(=O)NC2CCN(C)CC2)cc1O. The Morgan fingerprint density at radius 2 is 2.11 bits per heavy atom. The first kappa shape index (κ1) is 13.7. The molecule has 2 rings (SSSR count). The Balaban J connectivity index is 1.98. The minimum Gasteiger partial charge on any atom is -0.504 e. The number of carbonyl (C=O) groups excluding carboxylic acids is 1. The lowest BCUT2D eigenvalue weighted by Crippen LogP contribution is -2.43. The van der Waals surface area contributed by atoms with Crippen LogP contribution in [0.3, 0.4) is 0 Å². The molecule has 1 aliphatic rings. The van der Waals surface area contributed by atoms with Crippen molar-refractivity contribution in [2.24, 2.45) is 0 Å². The van der Waals surface area contributed by atoms with E-state index in [0.29, 0.717) is 11.3 Å². The third-order valence-corrected chi connectivity index (χ3v) is 3.49. The normalized spacial score (nSPS) is 17.2. The summed E-state index contributed by atoms with van der Waals surface area (Å²) in [6, 6.07) is 4.90. The van der Waals surface area contributed by atoms with Crippen LogP contribution in [0, 0.1) is 0 Å². The van der Waals surface area contributed by atoms with E-state index in [4.69, 9.17) is 4.74 Å². The van der Waals surface area contributed by atoms with Crippen LogP contribution in [-0.2, 0) is 0 Å². The quantitative estimate of drug-likeness (QED) is 0.862. The van der Waals surface area contributed by atoms with E-state index in [9.17, 15) is 9.90 Å². The molecule has 1 aromatic carbocycles. The highest BCUT2D eigenvalue weighted by atomic mass is 16.5. The molecule has 104 valence electrons. The molecule has 0 radical (unpaired) electrons. The number of carbonyl (C=O) groups is 1. The zero-order valence-corrected chi connectivity index (χ0v) is 11.3. The van der Waals surface area contributed by atoms with Crippen LogP contribution in [0.4, 0.5) is 0 Å². The number of hydrogen-bond acceptors (Lipinski definition) is 4. The highest BCUT2D eigenvalue weighted by molar-refractivity contribution is 5.95. The molecule has 1 fully saturated rings. The van der Waals surface area contributed by atoms with Crippen molar-refractivity contribution in [3.8, 4) is 11.5 Å². The van der Waals surface area contributed by atoms with Gasteiger partial charge in [-0.2, -0.15) is 0 Å². The highest BCUT2D eigenvalue weighted by Gasteiger charge is 2.19. The Kier molecular flexibility index (Phi) is 4.27. The van der Waals surface area contributed by atoms with E-state index in [1.807, 2.05) is 0 Å². The molecule has 1 aromatic rings. The summed E-state index contributed by atoms with van der Waals surface area (Å²) < 4.78 is 4.95. The van der Waals surface area contributed by atoms with Crippen molar-refractivity contribution in [1.29, 1.82) is 0 Å². The minimum absolute atomic E-state index is 0.0153. The summed E-state index contributed by atoms with van der Waals surface area (Å²) in [5.41, 5.74) is 0.456. The Morgan fingerprint density at radius 3 is 2.68 bits per heavy atom. The molecule has 0 spiro atoms. The molecule has 5 heteroatoms. The van der Waals surface area contributed by atoms with Gasteiger partial charge in [0, 0.05) is 11.6 Å². The number of rotatable bonds is 3. The number of nitrogens with zero attached hydrogens (tertiary/aromatic N) is 1. The van der Waals surface area contributed by atoms with Gasteiger partial charge in [0.15, 0.2) is 11.5 Å². The second kappa shape index (κ2) is 5.93. The van der Waals surface area contributed by atoms with E-state index < -0.39 is 0 Å². The molecule has 19 heavy (non-hydrogen) atoms. The molecule has 0 atom stereocenters. The molecule has 1 aliphatic heterocycles. The topological polar surface area (TPSA) is 61.8 Å². The molecular weight excluding hydrogens is 244 g/mol. The van der Waals surface area contributed by atoms with Crippen molar-refractivity contribution in [2.75, 3.05) is 27.2 Å². The van der Waals surface area contributed by atoms with Crippen LogP contribution in [0.1, 0.15) is 23.2 Å². The van der Waals surface area contributed by atoms with Crippen LogP contribution in [0.5, 0.6) is 11.5 Å². The van der Waals surface area contributed by atoms with Crippen molar-refractivity contribution in [1.82, 2.24) is 10.2 Å². The first-order valence-corrected chi connectivity index (χ1v) is 6.46. The van der Waals surface area contributed by atoms with Gasteiger partial charge in [-0.25, -0.2) is 0 Å². The number of piperidine rings is 1. The molecule has 1 saturated heterocycles. The van der Waals surface area contributed by atoms with E-state index in [1.165, 1.54) is 13.2 Å². The summed E-state index contributed by atoms with van der Waals surface area (Å²) in [4.78, 5) is 14.3.